The molecule has 0 saturated carbocycles. The van der Waals surface area contributed by atoms with Crippen LogP contribution in [0.5, 0.6) is 0 Å². The fourth-order valence-corrected chi connectivity index (χ4v) is 2.10. The highest BCUT2D eigenvalue weighted by Gasteiger charge is 2.18. The molecule has 0 radical (unpaired) electrons. The van der Waals surface area contributed by atoms with Crippen LogP contribution in [0, 0.1) is 0 Å². The van der Waals surface area contributed by atoms with Crippen molar-refractivity contribution in [3.63, 3.8) is 0 Å². The van der Waals surface area contributed by atoms with E-state index in [0.717, 1.165) is 12.1 Å². The number of aliphatic hydroxyl groups excluding tert-OH is 1. The maximum Gasteiger partial charge on any atom is 0.0936 e. The molecule has 4 heteroatoms. The number of benzene rings is 1. The molecule has 18 heavy (non-hydrogen) atoms. The molecule has 0 fully saturated rings. The fraction of sp³-hybridized carbons (Fsp3) is 0.571. The Hall–Kier alpha value is -1.10. The standard InChI is InChI=1S/C14H24N2O2/c1-4-16(11(2)10-18-3)9-14(17)12-7-5-6-8-13(12)15/h5-8,11,14,17H,4,9-10,15H2,1-3H3. The summed E-state index contributed by atoms with van der Waals surface area (Å²) in [5.41, 5.74) is 7.30. The lowest BCUT2D eigenvalue weighted by Gasteiger charge is -2.29. The average molecular weight is 252 g/mol. The number of hydrogen-bond acceptors (Lipinski definition) is 4. The molecule has 0 amide bonds. The molecule has 0 aliphatic rings. The number of nitrogens with two attached hydrogens (primary N) is 1. The van der Waals surface area contributed by atoms with Crippen LogP contribution >= 0.6 is 0 Å². The van der Waals surface area contributed by atoms with Crippen LogP contribution in [0.4, 0.5) is 5.69 Å². The average Bonchev–Trinajstić information content (AvgIpc) is 2.36. The summed E-state index contributed by atoms with van der Waals surface area (Å²) in [6.07, 6.45) is -0.564. The van der Waals surface area contributed by atoms with Gasteiger partial charge in [-0.25, -0.2) is 0 Å². The van der Waals surface area contributed by atoms with E-state index < -0.39 is 6.10 Å². The molecule has 4 nitrogen and oxygen atoms in total. The fourth-order valence-electron chi connectivity index (χ4n) is 2.10. The molecule has 1 aromatic carbocycles. The van der Waals surface area contributed by atoms with Crippen LogP contribution in [-0.2, 0) is 4.74 Å². The number of nitrogen functional groups attached to an aromatic ring is 1. The third-order valence-corrected chi connectivity index (χ3v) is 3.20. The minimum atomic E-state index is -0.564. The summed E-state index contributed by atoms with van der Waals surface area (Å²) in [6.45, 7) is 6.26. The van der Waals surface area contributed by atoms with Crippen molar-refractivity contribution in [3.8, 4) is 0 Å². The van der Waals surface area contributed by atoms with E-state index in [2.05, 4.69) is 18.7 Å². The third-order valence-electron chi connectivity index (χ3n) is 3.20. The van der Waals surface area contributed by atoms with E-state index in [9.17, 15) is 5.11 Å². The summed E-state index contributed by atoms with van der Waals surface area (Å²) < 4.78 is 5.15. The Balaban J connectivity index is 2.67. The minimum absolute atomic E-state index is 0.277. The van der Waals surface area contributed by atoms with Gasteiger partial charge >= 0.3 is 0 Å². The minimum Gasteiger partial charge on any atom is -0.398 e. The predicted octanol–water partition coefficient (Wildman–Crippen LogP) is 1.66. The monoisotopic (exact) mass is 252 g/mol. The number of aliphatic hydroxyl groups is 1. The van der Waals surface area contributed by atoms with Crippen molar-refractivity contribution in [1.82, 2.24) is 4.90 Å². The van der Waals surface area contributed by atoms with Crippen molar-refractivity contribution in [2.75, 3.05) is 32.5 Å². The number of methoxy groups -OCH3 is 1. The second kappa shape index (κ2) is 7.36. The molecule has 2 atom stereocenters. The number of para-hydroxylation sites is 1. The smallest absolute Gasteiger partial charge is 0.0936 e. The molecule has 102 valence electrons. The molecule has 2 unspecified atom stereocenters. The van der Waals surface area contributed by atoms with Gasteiger partial charge in [0.25, 0.3) is 0 Å². The molecule has 0 bridgehead atoms. The van der Waals surface area contributed by atoms with Gasteiger partial charge in [0.15, 0.2) is 0 Å². The van der Waals surface area contributed by atoms with E-state index in [-0.39, 0.29) is 6.04 Å². The first-order valence-electron chi connectivity index (χ1n) is 6.35. The molecule has 0 spiro atoms. The van der Waals surface area contributed by atoms with E-state index in [4.69, 9.17) is 10.5 Å². The van der Waals surface area contributed by atoms with E-state index in [1.165, 1.54) is 0 Å². The lowest BCUT2D eigenvalue weighted by molar-refractivity contribution is 0.0584. The molecular weight excluding hydrogens is 228 g/mol. The summed E-state index contributed by atoms with van der Waals surface area (Å²) in [4.78, 5) is 2.18. The van der Waals surface area contributed by atoms with Gasteiger partial charge in [-0.2, -0.15) is 0 Å². The molecule has 0 aliphatic heterocycles. The van der Waals surface area contributed by atoms with Gasteiger partial charge in [0.1, 0.15) is 0 Å². The highest BCUT2D eigenvalue weighted by Crippen LogP contribution is 2.21. The van der Waals surface area contributed by atoms with Crippen LogP contribution < -0.4 is 5.73 Å². The van der Waals surface area contributed by atoms with Crippen LogP contribution in [-0.4, -0.2) is 42.9 Å². The Morgan fingerprint density at radius 1 is 1.39 bits per heavy atom. The molecule has 3 N–H and O–H groups in total. The summed E-state index contributed by atoms with van der Waals surface area (Å²) in [5, 5.41) is 10.3. The number of nitrogens with zero attached hydrogens (tertiary/aromatic N) is 1. The van der Waals surface area contributed by atoms with Crippen molar-refractivity contribution in [1.29, 1.82) is 0 Å². The Kier molecular flexibility index (Phi) is 6.12. The van der Waals surface area contributed by atoms with Gasteiger partial charge in [0, 0.05) is 30.9 Å². The van der Waals surface area contributed by atoms with Crippen molar-refractivity contribution in [3.05, 3.63) is 29.8 Å². The largest absolute Gasteiger partial charge is 0.398 e. The lowest BCUT2D eigenvalue weighted by Crippen LogP contribution is -2.39. The Morgan fingerprint density at radius 2 is 2.06 bits per heavy atom. The highest BCUT2D eigenvalue weighted by molar-refractivity contribution is 5.47. The molecule has 0 heterocycles. The number of anilines is 1. The first-order valence-corrected chi connectivity index (χ1v) is 6.35. The Bertz CT molecular complexity index is 357. The first kappa shape index (κ1) is 15.0. The van der Waals surface area contributed by atoms with Crippen LogP contribution in [0.2, 0.25) is 0 Å². The maximum absolute atomic E-state index is 10.3. The van der Waals surface area contributed by atoms with Gasteiger partial charge in [0.2, 0.25) is 0 Å². The SMILES string of the molecule is CCN(CC(O)c1ccccc1N)C(C)COC. The summed E-state index contributed by atoms with van der Waals surface area (Å²) >= 11 is 0. The van der Waals surface area contributed by atoms with E-state index in [0.29, 0.717) is 18.8 Å². The van der Waals surface area contributed by atoms with Gasteiger partial charge in [0.05, 0.1) is 12.7 Å². The molecule has 1 rings (SSSR count). The number of ether oxygens (including phenoxy) is 1. The Morgan fingerprint density at radius 3 is 2.61 bits per heavy atom. The van der Waals surface area contributed by atoms with Gasteiger partial charge in [-0.3, -0.25) is 4.90 Å². The van der Waals surface area contributed by atoms with E-state index in [1.807, 2.05) is 24.3 Å². The molecule has 0 aromatic heterocycles. The first-order chi connectivity index (χ1) is 8.60. The van der Waals surface area contributed by atoms with Crippen LogP contribution in [0.15, 0.2) is 24.3 Å². The van der Waals surface area contributed by atoms with Gasteiger partial charge in [-0.15, -0.1) is 0 Å². The number of rotatable bonds is 7. The molecule has 0 saturated heterocycles. The van der Waals surface area contributed by atoms with Crippen LogP contribution in [0.1, 0.15) is 25.5 Å². The van der Waals surface area contributed by atoms with Crippen molar-refractivity contribution in [2.24, 2.45) is 0 Å². The van der Waals surface area contributed by atoms with E-state index >= 15 is 0 Å². The zero-order chi connectivity index (χ0) is 13.5. The van der Waals surface area contributed by atoms with Crippen molar-refractivity contribution < 1.29 is 9.84 Å². The lowest BCUT2D eigenvalue weighted by atomic mass is 10.1. The Labute approximate surface area is 109 Å². The summed E-state index contributed by atoms with van der Waals surface area (Å²) in [6, 6.07) is 7.72. The van der Waals surface area contributed by atoms with Gasteiger partial charge in [-0.1, -0.05) is 25.1 Å². The maximum atomic E-state index is 10.3. The van der Waals surface area contributed by atoms with Crippen molar-refractivity contribution in [2.45, 2.75) is 26.0 Å². The normalized spacial score (nSPS) is 14.7. The van der Waals surface area contributed by atoms with Gasteiger partial charge < -0.3 is 15.6 Å². The van der Waals surface area contributed by atoms with Gasteiger partial charge in [-0.05, 0) is 19.5 Å². The molecule has 0 aliphatic carbocycles. The third kappa shape index (κ3) is 3.98. The second-order valence-corrected chi connectivity index (χ2v) is 4.54. The van der Waals surface area contributed by atoms with Crippen molar-refractivity contribution >= 4 is 5.69 Å². The number of likely N-dealkylation sites (N-methyl/N-ethyl adjacent to an activating group) is 1. The van der Waals surface area contributed by atoms with Crippen LogP contribution in [0.3, 0.4) is 0 Å². The zero-order valence-electron chi connectivity index (χ0n) is 11.5. The highest BCUT2D eigenvalue weighted by atomic mass is 16.5. The van der Waals surface area contributed by atoms with E-state index in [1.54, 1.807) is 7.11 Å². The summed E-state index contributed by atoms with van der Waals surface area (Å²) in [7, 11) is 1.69. The zero-order valence-corrected chi connectivity index (χ0v) is 11.5. The number of hydrogen-bond donors (Lipinski definition) is 2. The quantitative estimate of drug-likeness (QED) is 0.725. The predicted molar refractivity (Wildman–Crippen MR) is 74.4 cm³/mol. The topological polar surface area (TPSA) is 58.7 Å². The second-order valence-electron chi connectivity index (χ2n) is 4.54. The van der Waals surface area contributed by atoms with Crippen LogP contribution in [0.25, 0.3) is 0 Å². The summed E-state index contributed by atoms with van der Waals surface area (Å²) in [5.74, 6) is 0. The molecule has 1 aromatic rings. The molecular formula is C14H24N2O2.